The second-order valence-corrected chi connectivity index (χ2v) is 3.93. The van der Waals surface area contributed by atoms with Crippen molar-refractivity contribution in [1.82, 2.24) is 9.78 Å². The van der Waals surface area contributed by atoms with Gasteiger partial charge in [-0.2, -0.15) is 10.4 Å². The zero-order chi connectivity index (χ0) is 9.84. The van der Waals surface area contributed by atoms with Crippen LogP contribution in [0.15, 0.2) is 5.03 Å². The number of rotatable bonds is 3. The fourth-order valence-electron chi connectivity index (χ4n) is 1.13. The molecule has 0 saturated heterocycles. The molecule has 1 rings (SSSR count). The fourth-order valence-corrected chi connectivity index (χ4v) is 2.09. The summed E-state index contributed by atoms with van der Waals surface area (Å²) in [6, 6.07) is 2.19. The Morgan fingerprint density at radius 1 is 1.62 bits per heavy atom. The van der Waals surface area contributed by atoms with Crippen LogP contribution in [0.1, 0.15) is 24.6 Å². The normalized spacial score (nSPS) is 10.0. The van der Waals surface area contributed by atoms with Crippen LogP contribution in [0.2, 0.25) is 0 Å². The van der Waals surface area contributed by atoms with E-state index in [2.05, 4.69) is 18.1 Å². The zero-order valence-corrected chi connectivity index (χ0v) is 8.98. The largest absolute Gasteiger partial charge is 0.260 e. The molecule has 0 aliphatic rings. The van der Waals surface area contributed by atoms with Gasteiger partial charge in [0, 0.05) is 7.05 Å². The summed E-state index contributed by atoms with van der Waals surface area (Å²) in [5.41, 5.74) is 1.55. The van der Waals surface area contributed by atoms with Crippen molar-refractivity contribution in [2.45, 2.75) is 25.3 Å². The minimum absolute atomic E-state index is 0.723. The summed E-state index contributed by atoms with van der Waals surface area (Å²) >= 11 is 1.70. The predicted octanol–water partition coefficient (Wildman–Crippen LogP) is 2.10. The molecule has 0 aliphatic carbocycles. The van der Waals surface area contributed by atoms with E-state index >= 15 is 0 Å². The topological polar surface area (TPSA) is 41.6 Å². The van der Waals surface area contributed by atoms with Gasteiger partial charge in [0.2, 0.25) is 0 Å². The van der Waals surface area contributed by atoms with Crippen molar-refractivity contribution in [3.63, 3.8) is 0 Å². The van der Waals surface area contributed by atoms with Crippen LogP contribution in [0.25, 0.3) is 0 Å². The number of hydrogen-bond acceptors (Lipinski definition) is 3. The first-order valence-electron chi connectivity index (χ1n) is 4.27. The molecule has 0 saturated carbocycles. The Morgan fingerprint density at radius 2 is 2.31 bits per heavy atom. The van der Waals surface area contributed by atoms with Gasteiger partial charge in [0.15, 0.2) is 0 Å². The van der Waals surface area contributed by atoms with Crippen LogP contribution in [0.3, 0.4) is 0 Å². The molecule has 0 aromatic carbocycles. The van der Waals surface area contributed by atoms with Gasteiger partial charge in [-0.3, -0.25) is 4.68 Å². The second kappa shape index (κ2) is 4.33. The molecule has 4 heteroatoms. The Kier molecular flexibility index (Phi) is 3.38. The molecule has 0 fully saturated rings. The lowest BCUT2D eigenvalue weighted by molar-refractivity contribution is 0.691. The molecule has 3 nitrogen and oxygen atoms in total. The van der Waals surface area contributed by atoms with Crippen molar-refractivity contribution in [2.24, 2.45) is 7.05 Å². The van der Waals surface area contributed by atoms with E-state index in [1.54, 1.807) is 16.4 Å². The molecule has 0 unspecified atom stereocenters. The first kappa shape index (κ1) is 10.1. The molecule has 13 heavy (non-hydrogen) atoms. The average Bonchev–Trinajstić information content (AvgIpc) is 2.37. The van der Waals surface area contributed by atoms with Crippen LogP contribution < -0.4 is 0 Å². The number of nitrogens with zero attached hydrogens (tertiary/aromatic N) is 3. The Labute approximate surface area is 82.7 Å². The molecule has 1 aromatic rings. The van der Waals surface area contributed by atoms with Gasteiger partial charge in [-0.1, -0.05) is 6.92 Å². The smallest absolute Gasteiger partial charge is 0.112 e. The summed E-state index contributed by atoms with van der Waals surface area (Å²) in [6.45, 7) is 4.00. The van der Waals surface area contributed by atoms with E-state index in [1.807, 2.05) is 14.0 Å². The molecular weight excluding hydrogens is 182 g/mol. The summed E-state index contributed by atoms with van der Waals surface area (Å²) in [7, 11) is 1.88. The zero-order valence-electron chi connectivity index (χ0n) is 8.16. The van der Waals surface area contributed by atoms with Gasteiger partial charge in [0.05, 0.1) is 5.69 Å². The quantitative estimate of drug-likeness (QED) is 0.694. The molecule has 0 atom stereocenters. The molecule has 0 bridgehead atoms. The van der Waals surface area contributed by atoms with E-state index in [0.29, 0.717) is 0 Å². The van der Waals surface area contributed by atoms with Crippen LogP contribution in [0.4, 0.5) is 0 Å². The highest BCUT2D eigenvalue weighted by Gasteiger charge is 2.12. The molecule has 1 heterocycles. The lowest BCUT2D eigenvalue weighted by Crippen LogP contribution is -1.93. The van der Waals surface area contributed by atoms with E-state index in [4.69, 9.17) is 5.26 Å². The second-order valence-electron chi connectivity index (χ2n) is 2.85. The van der Waals surface area contributed by atoms with Crippen LogP contribution >= 0.6 is 11.8 Å². The number of hydrogen-bond donors (Lipinski definition) is 0. The van der Waals surface area contributed by atoms with Crippen molar-refractivity contribution in [3.8, 4) is 6.07 Å². The van der Waals surface area contributed by atoms with Gasteiger partial charge in [0.1, 0.15) is 16.7 Å². The predicted molar refractivity (Wildman–Crippen MR) is 53.7 cm³/mol. The molecule has 0 aliphatic heterocycles. The molecule has 0 amide bonds. The third-order valence-electron chi connectivity index (χ3n) is 1.72. The van der Waals surface area contributed by atoms with Gasteiger partial charge in [-0.15, -0.1) is 11.8 Å². The Bertz CT molecular complexity index is 335. The minimum Gasteiger partial charge on any atom is -0.260 e. The van der Waals surface area contributed by atoms with Gasteiger partial charge < -0.3 is 0 Å². The summed E-state index contributed by atoms with van der Waals surface area (Å²) in [5, 5.41) is 14.1. The standard InChI is InChI=1S/C9H13N3S/c1-4-5-13-9-8(6-10)7(2)11-12(9)3/h4-5H2,1-3H3. The van der Waals surface area contributed by atoms with Gasteiger partial charge in [-0.05, 0) is 19.1 Å². The van der Waals surface area contributed by atoms with E-state index in [1.165, 1.54) is 0 Å². The first-order chi connectivity index (χ1) is 6.20. The third kappa shape index (κ3) is 2.04. The van der Waals surface area contributed by atoms with Crippen molar-refractivity contribution in [3.05, 3.63) is 11.3 Å². The highest BCUT2D eigenvalue weighted by Crippen LogP contribution is 2.24. The Hall–Kier alpha value is -0.950. The van der Waals surface area contributed by atoms with E-state index < -0.39 is 0 Å². The monoisotopic (exact) mass is 195 g/mol. The minimum atomic E-state index is 0.723. The Morgan fingerprint density at radius 3 is 2.85 bits per heavy atom. The molecule has 0 radical (unpaired) electrons. The van der Waals surface area contributed by atoms with E-state index in [-0.39, 0.29) is 0 Å². The van der Waals surface area contributed by atoms with Crippen molar-refractivity contribution >= 4 is 11.8 Å². The number of aromatic nitrogens is 2. The molecule has 1 aromatic heterocycles. The molecule has 0 N–H and O–H groups in total. The molecule has 70 valence electrons. The van der Waals surface area contributed by atoms with Crippen LogP contribution in [-0.2, 0) is 7.05 Å². The average molecular weight is 195 g/mol. The van der Waals surface area contributed by atoms with E-state index in [0.717, 1.165) is 28.5 Å². The first-order valence-corrected chi connectivity index (χ1v) is 5.25. The fraction of sp³-hybridized carbons (Fsp3) is 0.556. The highest BCUT2D eigenvalue weighted by atomic mass is 32.2. The summed E-state index contributed by atoms with van der Waals surface area (Å²) < 4.78 is 1.79. The number of aryl methyl sites for hydroxylation is 2. The SMILES string of the molecule is CCCSc1c(C#N)c(C)nn1C. The van der Waals surface area contributed by atoms with Crippen molar-refractivity contribution in [2.75, 3.05) is 5.75 Å². The van der Waals surface area contributed by atoms with Crippen molar-refractivity contribution in [1.29, 1.82) is 5.26 Å². The number of thioether (sulfide) groups is 1. The maximum Gasteiger partial charge on any atom is 0.112 e. The highest BCUT2D eigenvalue weighted by molar-refractivity contribution is 7.99. The molecular formula is C9H13N3S. The maximum absolute atomic E-state index is 8.90. The lowest BCUT2D eigenvalue weighted by atomic mass is 10.3. The van der Waals surface area contributed by atoms with Crippen LogP contribution in [0.5, 0.6) is 0 Å². The lowest BCUT2D eigenvalue weighted by Gasteiger charge is -1.99. The summed E-state index contributed by atoms with van der Waals surface area (Å²) in [6.07, 6.45) is 1.11. The summed E-state index contributed by atoms with van der Waals surface area (Å²) in [4.78, 5) is 0. The Balaban J connectivity index is 2.97. The molecule has 0 spiro atoms. The summed E-state index contributed by atoms with van der Waals surface area (Å²) in [5.74, 6) is 1.04. The van der Waals surface area contributed by atoms with Crippen LogP contribution in [0, 0.1) is 18.3 Å². The third-order valence-corrected chi connectivity index (χ3v) is 3.08. The van der Waals surface area contributed by atoms with E-state index in [9.17, 15) is 0 Å². The van der Waals surface area contributed by atoms with Gasteiger partial charge in [0.25, 0.3) is 0 Å². The number of nitriles is 1. The van der Waals surface area contributed by atoms with Crippen LogP contribution in [-0.4, -0.2) is 15.5 Å². The van der Waals surface area contributed by atoms with Gasteiger partial charge in [-0.25, -0.2) is 0 Å². The van der Waals surface area contributed by atoms with Gasteiger partial charge >= 0.3 is 0 Å². The van der Waals surface area contributed by atoms with Crippen molar-refractivity contribution < 1.29 is 0 Å². The maximum atomic E-state index is 8.90.